The van der Waals surface area contributed by atoms with Crippen molar-refractivity contribution in [2.75, 3.05) is 28.3 Å². The van der Waals surface area contributed by atoms with Gasteiger partial charge in [-0.2, -0.15) is 0 Å². The molecule has 1 aromatic carbocycles. The van der Waals surface area contributed by atoms with Crippen molar-refractivity contribution in [2.24, 2.45) is 5.92 Å². The van der Waals surface area contributed by atoms with Crippen LogP contribution < -0.4 is 15.1 Å². The Bertz CT molecular complexity index is 1130. The third-order valence-corrected chi connectivity index (χ3v) is 8.08. The summed E-state index contributed by atoms with van der Waals surface area (Å²) in [7, 11) is 0. The van der Waals surface area contributed by atoms with Crippen LogP contribution >= 0.6 is 0 Å². The number of aromatic nitrogens is 1. The van der Waals surface area contributed by atoms with Crippen molar-refractivity contribution in [2.45, 2.75) is 83.3 Å². The molecule has 3 saturated heterocycles. The van der Waals surface area contributed by atoms with E-state index in [2.05, 4.69) is 29.0 Å². The number of halogens is 1. The molecule has 7 rings (SSSR count). The molecule has 0 spiro atoms. The standard InChI is InChI=1S/C28H35FN4O3/c1-17(2)36-21-8-5-18(6-9-21)28(34)33-14-19-4-3-11-30-27(19)31-24-12-23(29)25(13-26(24)33)32-15-22-10-7-20(32)16-35-22/h3-4,11-13,17-18,20-22H,5-10,14-16H2,1-2H3,(H,30,31)/t18-,20?,21-,22?. The van der Waals surface area contributed by atoms with Gasteiger partial charge in [0.2, 0.25) is 5.91 Å². The number of amides is 1. The highest BCUT2D eigenvalue weighted by Crippen LogP contribution is 2.43. The quantitative estimate of drug-likeness (QED) is 0.633. The molecule has 1 amide bonds. The minimum absolute atomic E-state index is 0.0732. The highest BCUT2D eigenvalue weighted by molar-refractivity contribution is 6.00. The SMILES string of the molecule is CC(C)O[C@H]1CC[C@H](C(=O)N2Cc3cccnc3Nc3cc(F)c(N4CC5CCC4CO5)cc32)CC1. The Morgan fingerprint density at radius 1 is 1.17 bits per heavy atom. The maximum Gasteiger partial charge on any atom is 0.230 e. The summed E-state index contributed by atoms with van der Waals surface area (Å²) >= 11 is 0. The third kappa shape index (κ3) is 4.45. The van der Waals surface area contributed by atoms with Gasteiger partial charge < -0.3 is 24.6 Å². The van der Waals surface area contributed by atoms with E-state index < -0.39 is 0 Å². The summed E-state index contributed by atoms with van der Waals surface area (Å²) in [6.45, 7) is 5.83. The first kappa shape index (κ1) is 23.7. The normalized spacial score (nSPS) is 27.3. The molecule has 36 heavy (non-hydrogen) atoms. The zero-order valence-electron chi connectivity index (χ0n) is 21.1. The first-order chi connectivity index (χ1) is 17.5. The number of carbonyl (C=O) groups excluding carboxylic acids is 1. The number of pyridine rings is 1. The van der Waals surface area contributed by atoms with E-state index in [9.17, 15) is 4.79 Å². The van der Waals surface area contributed by atoms with E-state index in [-0.39, 0.29) is 42.0 Å². The van der Waals surface area contributed by atoms with Gasteiger partial charge in [0.25, 0.3) is 0 Å². The van der Waals surface area contributed by atoms with Crippen LogP contribution in [0.3, 0.4) is 0 Å². The van der Waals surface area contributed by atoms with E-state index in [1.54, 1.807) is 6.20 Å². The first-order valence-corrected chi connectivity index (χ1v) is 13.4. The average molecular weight is 495 g/mol. The monoisotopic (exact) mass is 494 g/mol. The van der Waals surface area contributed by atoms with Gasteiger partial charge in [-0.25, -0.2) is 9.37 Å². The second kappa shape index (κ2) is 9.63. The largest absolute Gasteiger partial charge is 0.376 e. The van der Waals surface area contributed by atoms with Crippen LogP contribution in [0.1, 0.15) is 57.9 Å². The molecule has 2 unspecified atom stereocenters. The van der Waals surface area contributed by atoms with Crippen molar-refractivity contribution in [3.63, 3.8) is 0 Å². The number of ether oxygens (including phenoxy) is 2. The Morgan fingerprint density at radius 3 is 2.69 bits per heavy atom. The summed E-state index contributed by atoms with van der Waals surface area (Å²) in [5.41, 5.74) is 2.78. The Labute approximate surface area is 212 Å². The summed E-state index contributed by atoms with van der Waals surface area (Å²) in [5, 5.41) is 3.32. The van der Waals surface area contributed by atoms with Crippen LogP contribution in [0.15, 0.2) is 30.5 Å². The Hall–Kier alpha value is -2.71. The molecule has 1 N–H and O–H groups in total. The number of fused-ring (bicyclic) bond motifs is 5. The van der Waals surface area contributed by atoms with E-state index in [1.807, 2.05) is 23.1 Å². The zero-order chi connectivity index (χ0) is 24.8. The molecule has 2 bridgehead atoms. The van der Waals surface area contributed by atoms with Gasteiger partial charge in [-0.3, -0.25) is 4.79 Å². The molecule has 0 radical (unpaired) electrons. The highest BCUT2D eigenvalue weighted by Gasteiger charge is 2.38. The van der Waals surface area contributed by atoms with E-state index >= 15 is 4.39 Å². The fourth-order valence-corrected chi connectivity index (χ4v) is 6.25. The molecule has 1 aliphatic carbocycles. The van der Waals surface area contributed by atoms with Gasteiger partial charge in [0, 0.05) is 30.3 Å². The van der Waals surface area contributed by atoms with E-state index in [0.29, 0.717) is 36.9 Å². The summed E-state index contributed by atoms with van der Waals surface area (Å²) in [6, 6.07) is 7.43. The second-order valence-electron chi connectivity index (χ2n) is 10.9. The molecule has 5 heterocycles. The number of hydrogen-bond acceptors (Lipinski definition) is 6. The third-order valence-electron chi connectivity index (χ3n) is 8.08. The van der Waals surface area contributed by atoms with Crippen molar-refractivity contribution in [3.05, 3.63) is 41.8 Å². The number of nitrogens with zero attached hydrogens (tertiary/aromatic N) is 3. The lowest BCUT2D eigenvalue weighted by molar-refractivity contribution is -0.124. The topological polar surface area (TPSA) is 66.9 Å². The minimum Gasteiger partial charge on any atom is -0.376 e. The number of anilines is 4. The second-order valence-corrected chi connectivity index (χ2v) is 10.9. The smallest absolute Gasteiger partial charge is 0.230 e. The molecular formula is C28H35FN4O3. The molecule has 2 aromatic rings. The van der Waals surface area contributed by atoms with Crippen LogP contribution in [-0.2, 0) is 20.8 Å². The van der Waals surface area contributed by atoms with Crippen molar-refractivity contribution < 1.29 is 18.7 Å². The van der Waals surface area contributed by atoms with Crippen LogP contribution in [0.4, 0.5) is 27.3 Å². The number of morpholine rings is 1. The van der Waals surface area contributed by atoms with Crippen molar-refractivity contribution in [3.8, 4) is 0 Å². The van der Waals surface area contributed by atoms with Crippen molar-refractivity contribution in [1.29, 1.82) is 0 Å². The van der Waals surface area contributed by atoms with E-state index in [0.717, 1.165) is 49.8 Å². The Balaban J connectivity index is 1.33. The molecular weight excluding hydrogens is 459 g/mol. The predicted octanol–water partition coefficient (Wildman–Crippen LogP) is 5.16. The highest BCUT2D eigenvalue weighted by atomic mass is 19.1. The van der Waals surface area contributed by atoms with Crippen LogP contribution in [0.5, 0.6) is 0 Å². The summed E-state index contributed by atoms with van der Waals surface area (Å²) < 4.78 is 27.4. The van der Waals surface area contributed by atoms with Gasteiger partial charge in [0.15, 0.2) is 0 Å². The Kier molecular flexibility index (Phi) is 6.33. The van der Waals surface area contributed by atoms with Gasteiger partial charge in [-0.1, -0.05) is 6.07 Å². The average Bonchev–Trinajstić information content (AvgIpc) is 3.05. The summed E-state index contributed by atoms with van der Waals surface area (Å²) in [4.78, 5) is 22.5. The van der Waals surface area contributed by atoms with Crippen LogP contribution in [0, 0.1) is 11.7 Å². The van der Waals surface area contributed by atoms with Gasteiger partial charge in [-0.05, 0) is 64.5 Å². The molecule has 4 fully saturated rings. The molecule has 2 atom stereocenters. The first-order valence-electron chi connectivity index (χ1n) is 13.4. The maximum absolute atomic E-state index is 15.6. The number of nitrogens with one attached hydrogen (secondary N) is 1. The van der Waals surface area contributed by atoms with Gasteiger partial charge in [0.1, 0.15) is 11.6 Å². The molecule has 7 nitrogen and oxygen atoms in total. The maximum atomic E-state index is 15.6. The van der Waals surface area contributed by atoms with E-state index in [4.69, 9.17) is 9.47 Å². The number of rotatable bonds is 4. The fourth-order valence-electron chi connectivity index (χ4n) is 6.25. The Morgan fingerprint density at radius 2 is 2.00 bits per heavy atom. The molecule has 4 aliphatic heterocycles. The number of carbonyl (C=O) groups is 1. The molecule has 1 saturated carbocycles. The predicted molar refractivity (Wildman–Crippen MR) is 137 cm³/mol. The summed E-state index contributed by atoms with van der Waals surface area (Å²) in [5.74, 6) is 0.405. The van der Waals surface area contributed by atoms with Crippen molar-refractivity contribution >= 4 is 28.8 Å². The van der Waals surface area contributed by atoms with E-state index in [1.165, 1.54) is 6.07 Å². The summed E-state index contributed by atoms with van der Waals surface area (Å²) in [6.07, 6.45) is 7.66. The number of piperidine rings is 1. The minimum atomic E-state index is -0.285. The zero-order valence-corrected chi connectivity index (χ0v) is 21.1. The molecule has 1 aromatic heterocycles. The molecule has 192 valence electrons. The van der Waals surface area contributed by atoms with Crippen LogP contribution in [-0.4, -0.2) is 48.4 Å². The van der Waals surface area contributed by atoms with Gasteiger partial charge in [-0.15, -0.1) is 0 Å². The number of benzene rings is 1. The lowest BCUT2D eigenvalue weighted by atomic mass is 9.86. The fraction of sp³-hybridized carbons (Fsp3) is 0.571. The number of hydrogen-bond donors (Lipinski definition) is 1. The van der Waals surface area contributed by atoms with Gasteiger partial charge in [0.05, 0.1) is 54.6 Å². The van der Waals surface area contributed by atoms with Gasteiger partial charge >= 0.3 is 0 Å². The van der Waals surface area contributed by atoms with Crippen molar-refractivity contribution in [1.82, 2.24) is 4.98 Å². The lowest BCUT2D eigenvalue weighted by Crippen LogP contribution is -2.54. The lowest BCUT2D eigenvalue weighted by Gasteiger charge is -2.46. The van der Waals surface area contributed by atoms with Crippen LogP contribution in [0.2, 0.25) is 0 Å². The molecule has 8 heteroatoms. The van der Waals surface area contributed by atoms with Crippen LogP contribution in [0.25, 0.3) is 0 Å². The molecule has 5 aliphatic rings.